The van der Waals surface area contributed by atoms with Gasteiger partial charge in [0.1, 0.15) is 0 Å². The lowest BCUT2D eigenvalue weighted by Crippen LogP contribution is -2.53. The van der Waals surface area contributed by atoms with Crippen molar-refractivity contribution in [1.29, 1.82) is 0 Å². The number of rotatable bonds is 5. The summed E-state index contributed by atoms with van der Waals surface area (Å²) >= 11 is 5.70. The highest BCUT2D eigenvalue weighted by atomic mass is 35.5. The average molecular weight is 331 g/mol. The molecule has 0 amide bonds. The quantitative estimate of drug-likeness (QED) is 0.777. The molecule has 0 N–H and O–H groups in total. The Kier molecular flexibility index (Phi) is 5.66. The maximum atomic E-state index is 12.7. The molecule has 2 rings (SSSR count). The first-order valence-electron chi connectivity index (χ1n) is 7.38. The summed E-state index contributed by atoms with van der Waals surface area (Å²) < 4.78 is 27.0. The van der Waals surface area contributed by atoms with E-state index in [1.807, 2.05) is 12.1 Å². The van der Waals surface area contributed by atoms with Crippen LogP contribution >= 0.6 is 11.6 Å². The molecule has 0 radical (unpaired) electrons. The van der Waals surface area contributed by atoms with Crippen LogP contribution in [0.5, 0.6) is 0 Å². The molecule has 1 heterocycles. The Hall–Kier alpha value is -0.620. The van der Waals surface area contributed by atoms with Gasteiger partial charge in [0.25, 0.3) is 0 Å². The predicted molar refractivity (Wildman–Crippen MR) is 86.3 cm³/mol. The second kappa shape index (κ2) is 7.09. The summed E-state index contributed by atoms with van der Waals surface area (Å²) in [6, 6.07) is 7.33. The van der Waals surface area contributed by atoms with Gasteiger partial charge < -0.3 is 0 Å². The Bertz CT molecular complexity index is 560. The van der Waals surface area contributed by atoms with Crippen molar-refractivity contribution >= 4 is 21.6 Å². The number of piperazine rings is 1. The van der Waals surface area contributed by atoms with Gasteiger partial charge in [0, 0.05) is 31.6 Å². The third-order valence-electron chi connectivity index (χ3n) is 4.08. The van der Waals surface area contributed by atoms with Crippen molar-refractivity contribution in [1.82, 2.24) is 9.21 Å². The van der Waals surface area contributed by atoms with Crippen LogP contribution in [-0.4, -0.2) is 55.7 Å². The van der Waals surface area contributed by atoms with Crippen molar-refractivity contribution in [2.45, 2.75) is 31.2 Å². The Morgan fingerprint density at radius 3 is 2.43 bits per heavy atom. The highest BCUT2D eigenvalue weighted by Crippen LogP contribution is 2.20. The number of alkyl halides is 1. The first-order valence-corrected chi connectivity index (χ1v) is 9.35. The molecular formula is C15H23ClN2O2S. The standard InChI is InChI=1S/C15H23ClN2O2S/c1-3-17-10-11-18(12-13(17)2)21(19,20)15-6-4-14(5-7-15)8-9-16/h4-7,13H,3,8-12H2,1-2H3. The number of likely N-dealkylation sites (N-methyl/N-ethyl adjacent to an activating group) is 1. The van der Waals surface area contributed by atoms with E-state index in [9.17, 15) is 8.42 Å². The fourth-order valence-electron chi connectivity index (χ4n) is 2.74. The first kappa shape index (κ1) is 16.7. The van der Waals surface area contributed by atoms with E-state index in [2.05, 4.69) is 18.7 Å². The van der Waals surface area contributed by atoms with Crippen LogP contribution < -0.4 is 0 Å². The van der Waals surface area contributed by atoms with Crippen LogP contribution in [-0.2, 0) is 16.4 Å². The first-order chi connectivity index (χ1) is 9.98. The summed E-state index contributed by atoms with van der Waals surface area (Å²) in [5, 5.41) is 0. The second-order valence-corrected chi connectivity index (χ2v) is 7.74. The fourth-order valence-corrected chi connectivity index (χ4v) is 4.47. The Balaban J connectivity index is 2.14. The van der Waals surface area contributed by atoms with E-state index in [1.54, 1.807) is 16.4 Å². The minimum Gasteiger partial charge on any atom is -0.298 e. The molecule has 1 aliphatic rings. The summed E-state index contributed by atoms with van der Waals surface area (Å²) in [6.07, 6.45) is 0.758. The molecule has 21 heavy (non-hydrogen) atoms. The second-order valence-electron chi connectivity index (χ2n) is 5.42. The lowest BCUT2D eigenvalue weighted by Gasteiger charge is -2.38. The smallest absolute Gasteiger partial charge is 0.243 e. The molecule has 1 aromatic rings. The normalized spacial score (nSPS) is 21.6. The van der Waals surface area contributed by atoms with Gasteiger partial charge in [0.05, 0.1) is 4.90 Å². The summed E-state index contributed by atoms with van der Waals surface area (Å²) in [5.41, 5.74) is 1.06. The lowest BCUT2D eigenvalue weighted by molar-refractivity contribution is 0.135. The molecule has 1 saturated heterocycles. The minimum atomic E-state index is -3.38. The number of hydrogen-bond donors (Lipinski definition) is 0. The van der Waals surface area contributed by atoms with Gasteiger partial charge in [-0.3, -0.25) is 4.90 Å². The van der Waals surface area contributed by atoms with Crippen molar-refractivity contribution < 1.29 is 8.42 Å². The van der Waals surface area contributed by atoms with Gasteiger partial charge in [-0.15, -0.1) is 11.6 Å². The number of sulfonamides is 1. The third-order valence-corrected chi connectivity index (χ3v) is 6.15. The van der Waals surface area contributed by atoms with Gasteiger partial charge in [0.15, 0.2) is 0 Å². The minimum absolute atomic E-state index is 0.258. The van der Waals surface area contributed by atoms with E-state index in [0.717, 1.165) is 25.1 Å². The maximum absolute atomic E-state index is 12.7. The van der Waals surface area contributed by atoms with E-state index in [0.29, 0.717) is 23.9 Å². The van der Waals surface area contributed by atoms with Crippen molar-refractivity contribution in [3.63, 3.8) is 0 Å². The van der Waals surface area contributed by atoms with Crippen LogP contribution in [0, 0.1) is 0 Å². The zero-order chi connectivity index (χ0) is 15.5. The number of aryl methyl sites for hydroxylation is 1. The molecule has 118 valence electrons. The van der Waals surface area contributed by atoms with Gasteiger partial charge in [-0.25, -0.2) is 8.42 Å². The fraction of sp³-hybridized carbons (Fsp3) is 0.600. The molecule has 0 aliphatic carbocycles. The molecule has 1 unspecified atom stereocenters. The molecule has 1 aliphatic heterocycles. The molecular weight excluding hydrogens is 308 g/mol. The van der Waals surface area contributed by atoms with Crippen molar-refractivity contribution in [2.24, 2.45) is 0 Å². The van der Waals surface area contributed by atoms with E-state index in [1.165, 1.54) is 0 Å². The average Bonchev–Trinajstić information content (AvgIpc) is 2.48. The van der Waals surface area contributed by atoms with Crippen molar-refractivity contribution in [3.8, 4) is 0 Å². The third kappa shape index (κ3) is 3.77. The Labute approximate surface area is 132 Å². The number of hydrogen-bond acceptors (Lipinski definition) is 3. The summed E-state index contributed by atoms with van der Waals surface area (Å²) in [6.45, 7) is 7.05. The van der Waals surface area contributed by atoms with E-state index in [4.69, 9.17) is 11.6 Å². The monoisotopic (exact) mass is 330 g/mol. The van der Waals surface area contributed by atoms with Crippen molar-refractivity contribution in [3.05, 3.63) is 29.8 Å². The SMILES string of the molecule is CCN1CCN(S(=O)(=O)c2ccc(CCCl)cc2)CC1C. The zero-order valence-corrected chi connectivity index (χ0v) is 14.2. The molecule has 4 nitrogen and oxygen atoms in total. The van der Waals surface area contributed by atoms with Crippen molar-refractivity contribution in [2.75, 3.05) is 32.1 Å². The van der Waals surface area contributed by atoms with Crippen LogP contribution in [0.4, 0.5) is 0 Å². The maximum Gasteiger partial charge on any atom is 0.243 e. The summed E-state index contributed by atoms with van der Waals surface area (Å²) in [5.74, 6) is 0.544. The Morgan fingerprint density at radius 1 is 1.24 bits per heavy atom. The van der Waals surface area contributed by atoms with E-state index < -0.39 is 10.0 Å². The molecule has 0 aromatic heterocycles. The highest BCUT2D eigenvalue weighted by Gasteiger charge is 2.31. The van der Waals surface area contributed by atoms with Crippen LogP contribution in [0.15, 0.2) is 29.2 Å². The molecule has 0 spiro atoms. The van der Waals surface area contributed by atoms with Crippen LogP contribution in [0.25, 0.3) is 0 Å². The molecule has 1 atom stereocenters. The van der Waals surface area contributed by atoms with Gasteiger partial charge in [0.2, 0.25) is 10.0 Å². The van der Waals surface area contributed by atoms with Gasteiger partial charge in [-0.2, -0.15) is 4.31 Å². The largest absolute Gasteiger partial charge is 0.298 e. The molecule has 6 heteroatoms. The topological polar surface area (TPSA) is 40.6 Å². The molecule has 1 aromatic carbocycles. The van der Waals surface area contributed by atoms with Crippen LogP contribution in [0.2, 0.25) is 0 Å². The van der Waals surface area contributed by atoms with E-state index in [-0.39, 0.29) is 6.04 Å². The lowest BCUT2D eigenvalue weighted by atomic mass is 10.2. The zero-order valence-electron chi connectivity index (χ0n) is 12.6. The number of nitrogens with zero attached hydrogens (tertiary/aromatic N) is 2. The number of benzene rings is 1. The van der Waals surface area contributed by atoms with Crippen LogP contribution in [0.1, 0.15) is 19.4 Å². The molecule has 1 fully saturated rings. The summed E-state index contributed by atoms with van der Waals surface area (Å²) in [7, 11) is -3.38. The van der Waals surface area contributed by atoms with Gasteiger partial charge >= 0.3 is 0 Å². The van der Waals surface area contributed by atoms with Gasteiger partial charge in [-0.1, -0.05) is 19.1 Å². The predicted octanol–water partition coefficient (Wildman–Crippen LogP) is 2.18. The van der Waals surface area contributed by atoms with E-state index >= 15 is 0 Å². The molecule has 0 bridgehead atoms. The van der Waals surface area contributed by atoms with Crippen LogP contribution in [0.3, 0.4) is 0 Å². The Morgan fingerprint density at radius 2 is 1.90 bits per heavy atom. The van der Waals surface area contributed by atoms with Gasteiger partial charge in [-0.05, 0) is 37.6 Å². The summed E-state index contributed by atoms with van der Waals surface area (Å²) in [4.78, 5) is 2.67. The number of halogens is 1. The highest BCUT2D eigenvalue weighted by molar-refractivity contribution is 7.89. The molecule has 0 saturated carbocycles.